The highest BCUT2D eigenvalue weighted by Gasteiger charge is 2.30. The predicted octanol–water partition coefficient (Wildman–Crippen LogP) is 3.04. The van der Waals surface area contributed by atoms with E-state index in [1.807, 2.05) is 35.2 Å². The smallest absolute Gasteiger partial charge is 0.262 e. The number of imidazole rings is 1. The molecule has 2 N–H and O–H groups in total. The number of aromatic nitrogens is 2. The number of rotatable bonds is 5. The van der Waals surface area contributed by atoms with Gasteiger partial charge in [0.1, 0.15) is 0 Å². The summed E-state index contributed by atoms with van der Waals surface area (Å²) in [6.45, 7) is 2.26. The molecule has 0 unspecified atom stereocenters. The molecule has 1 aliphatic carbocycles. The summed E-state index contributed by atoms with van der Waals surface area (Å²) in [6, 6.07) is 1.85. The molecule has 3 aromatic rings. The average molecular weight is 360 g/mol. The second-order valence-electron chi connectivity index (χ2n) is 5.89. The number of hydrogen-bond donors (Lipinski definition) is 2. The van der Waals surface area contributed by atoms with Crippen molar-refractivity contribution in [3.63, 3.8) is 0 Å². The topological polar surface area (TPSA) is 75.5 Å². The number of carbonyl (C=O) groups is 2. The van der Waals surface area contributed by atoms with Crippen LogP contribution in [-0.4, -0.2) is 21.2 Å². The van der Waals surface area contributed by atoms with Crippen molar-refractivity contribution in [3.05, 3.63) is 40.0 Å². The lowest BCUT2D eigenvalue weighted by Gasteiger charge is -2.02. The first-order valence-corrected chi connectivity index (χ1v) is 9.40. The van der Waals surface area contributed by atoms with Gasteiger partial charge < -0.3 is 10.6 Å². The molecule has 1 saturated carbocycles. The van der Waals surface area contributed by atoms with Crippen LogP contribution >= 0.6 is 22.7 Å². The molecule has 124 valence electrons. The maximum absolute atomic E-state index is 12.4. The van der Waals surface area contributed by atoms with E-state index in [1.54, 1.807) is 11.3 Å². The number of amides is 2. The van der Waals surface area contributed by atoms with Gasteiger partial charge in [0.2, 0.25) is 5.91 Å². The first-order valence-electron chi connectivity index (χ1n) is 7.71. The van der Waals surface area contributed by atoms with Gasteiger partial charge in [-0.3, -0.25) is 14.0 Å². The van der Waals surface area contributed by atoms with Crippen LogP contribution in [0.5, 0.6) is 0 Å². The number of hydrogen-bond acceptors (Lipinski definition) is 5. The van der Waals surface area contributed by atoms with Gasteiger partial charge in [0, 0.05) is 23.7 Å². The summed E-state index contributed by atoms with van der Waals surface area (Å²) in [4.78, 5) is 30.2. The molecule has 4 rings (SSSR count). The van der Waals surface area contributed by atoms with Crippen LogP contribution in [-0.2, 0) is 11.3 Å². The summed E-state index contributed by atoms with van der Waals surface area (Å²) in [6.07, 6.45) is 5.78. The SMILES string of the molecule is Cc1cc(NC(=O)C2CC2)sc1C(=O)NCc1cn2ccsc2n1. The Hall–Kier alpha value is -2.19. The van der Waals surface area contributed by atoms with Crippen molar-refractivity contribution in [1.29, 1.82) is 0 Å². The number of nitrogens with zero attached hydrogens (tertiary/aromatic N) is 2. The number of nitrogens with one attached hydrogen (secondary N) is 2. The van der Waals surface area contributed by atoms with Gasteiger partial charge in [-0.1, -0.05) is 0 Å². The van der Waals surface area contributed by atoms with Crippen LogP contribution in [0.15, 0.2) is 23.8 Å². The molecule has 8 heteroatoms. The van der Waals surface area contributed by atoms with Gasteiger partial charge in [-0.15, -0.1) is 22.7 Å². The number of fused-ring (bicyclic) bond motifs is 1. The zero-order valence-electron chi connectivity index (χ0n) is 13.0. The summed E-state index contributed by atoms with van der Waals surface area (Å²) in [7, 11) is 0. The number of thiazole rings is 1. The van der Waals surface area contributed by atoms with E-state index in [1.165, 1.54) is 11.3 Å². The molecule has 6 nitrogen and oxygen atoms in total. The Bertz CT molecular complexity index is 891. The molecule has 1 aliphatic rings. The molecule has 1 fully saturated rings. The van der Waals surface area contributed by atoms with Crippen LogP contribution in [0.25, 0.3) is 4.96 Å². The maximum atomic E-state index is 12.4. The summed E-state index contributed by atoms with van der Waals surface area (Å²) >= 11 is 2.87. The van der Waals surface area contributed by atoms with Crippen LogP contribution < -0.4 is 10.6 Å². The van der Waals surface area contributed by atoms with Crippen molar-refractivity contribution in [2.24, 2.45) is 5.92 Å². The molecule has 3 aromatic heterocycles. The third kappa shape index (κ3) is 3.07. The Kier molecular flexibility index (Phi) is 3.85. The molecule has 24 heavy (non-hydrogen) atoms. The predicted molar refractivity (Wildman–Crippen MR) is 94.6 cm³/mol. The first kappa shape index (κ1) is 15.3. The van der Waals surface area contributed by atoms with Crippen LogP contribution in [0.1, 0.15) is 33.8 Å². The maximum Gasteiger partial charge on any atom is 0.262 e. The van der Waals surface area contributed by atoms with Gasteiger partial charge in [-0.2, -0.15) is 0 Å². The molecule has 0 aliphatic heterocycles. The second kappa shape index (κ2) is 6.03. The van der Waals surface area contributed by atoms with Gasteiger partial charge in [-0.05, 0) is 31.4 Å². The fraction of sp³-hybridized carbons (Fsp3) is 0.312. The van der Waals surface area contributed by atoms with Gasteiger partial charge >= 0.3 is 0 Å². The van der Waals surface area contributed by atoms with E-state index in [2.05, 4.69) is 15.6 Å². The zero-order valence-corrected chi connectivity index (χ0v) is 14.7. The molecule has 0 bridgehead atoms. The molecule has 3 heterocycles. The van der Waals surface area contributed by atoms with Crippen LogP contribution in [0.3, 0.4) is 0 Å². The molecule has 0 spiro atoms. The van der Waals surface area contributed by atoms with Crippen molar-refractivity contribution in [1.82, 2.24) is 14.7 Å². The summed E-state index contributed by atoms with van der Waals surface area (Å²) in [5.74, 6) is 0.0709. The molecule has 0 radical (unpaired) electrons. The van der Waals surface area contributed by atoms with Crippen molar-refractivity contribution in [2.75, 3.05) is 5.32 Å². The van der Waals surface area contributed by atoms with Gasteiger partial charge in [0.25, 0.3) is 5.91 Å². The van der Waals surface area contributed by atoms with Crippen LogP contribution in [0.4, 0.5) is 5.00 Å². The van der Waals surface area contributed by atoms with Crippen LogP contribution in [0, 0.1) is 12.8 Å². The quantitative estimate of drug-likeness (QED) is 0.734. The van der Waals surface area contributed by atoms with Crippen LogP contribution in [0.2, 0.25) is 0 Å². The molecule has 2 amide bonds. The molecule has 0 saturated heterocycles. The number of anilines is 1. The van der Waals surface area contributed by atoms with Gasteiger partial charge in [-0.25, -0.2) is 4.98 Å². The zero-order chi connectivity index (χ0) is 16.7. The summed E-state index contributed by atoms with van der Waals surface area (Å²) < 4.78 is 1.94. The molecular weight excluding hydrogens is 344 g/mol. The van der Waals surface area contributed by atoms with Crippen molar-refractivity contribution in [3.8, 4) is 0 Å². The Labute approximate surface area is 146 Å². The van der Waals surface area contributed by atoms with E-state index >= 15 is 0 Å². The molecular formula is C16H16N4O2S2. The Morgan fingerprint density at radius 2 is 2.25 bits per heavy atom. The minimum absolute atomic E-state index is 0.0567. The molecule has 0 atom stereocenters. The highest BCUT2D eigenvalue weighted by Crippen LogP contribution is 2.32. The van der Waals surface area contributed by atoms with E-state index in [-0.39, 0.29) is 17.7 Å². The van der Waals surface area contributed by atoms with E-state index in [0.29, 0.717) is 11.4 Å². The largest absolute Gasteiger partial charge is 0.346 e. The normalized spacial score (nSPS) is 14.0. The van der Waals surface area contributed by atoms with Crippen molar-refractivity contribution < 1.29 is 9.59 Å². The lowest BCUT2D eigenvalue weighted by atomic mass is 10.2. The lowest BCUT2D eigenvalue weighted by molar-refractivity contribution is -0.117. The van der Waals surface area contributed by atoms with Gasteiger partial charge in [0.05, 0.1) is 22.1 Å². The minimum Gasteiger partial charge on any atom is -0.346 e. The second-order valence-corrected chi connectivity index (χ2v) is 7.82. The Balaban J connectivity index is 1.40. The fourth-order valence-electron chi connectivity index (χ4n) is 2.45. The van der Waals surface area contributed by atoms with E-state index in [4.69, 9.17) is 0 Å². The fourth-order valence-corrected chi connectivity index (χ4v) is 4.16. The van der Waals surface area contributed by atoms with E-state index in [0.717, 1.165) is 34.1 Å². The van der Waals surface area contributed by atoms with E-state index < -0.39 is 0 Å². The highest BCUT2D eigenvalue weighted by molar-refractivity contribution is 7.18. The summed E-state index contributed by atoms with van der Waals surface area (Å²) in [5.41, 5.74) is 1.70. The molecule has 0 aromatic carbocycles. The van der Waals surface area contributed by atoms with Gasteiger partial charge in [0.15, 0.2) is 4.96 Å². The van der Waals surface area contributed by atoms with Crippen molar-refractivity contribution >= 4 is 44.4 Å². The third-order valence-electron chi connectivity index (χ3n) is 3.89. The van der Waals surface area contributed by atoms with E-state index in [9.17, 15) is 9.59 Å². The standard InChI is InChI=1S/C16H16N4O2S2/c1-9-6-12(19-14(21)10-2-3-10)24-13(9)15(22)17-7-11-8-20-4-5-23-16(20)18-11/h4-6,8,10H,2-3,7H2,1H3,(H,17,22)(H,19,21). The monoisotopic (exact) mass is 360 g/mol. The number of aryl methyl sites for hydroxylation is 1. The average Bonchev–Trinajstić information content (AvgIpc) is 3.04. The Morgan fingerprint density at radius 3 is 3.00 bits per heavy atom. The Morgan fingerprint density at radius 1 is 1.42 bits per heavy atom. The minimum atomic E-state index is -0.138. The highest BCUT2D eigenvalue weighted by atomic mass is 32.1. The lowest BCUT2D eigenvalue weighted by Crippen LogP contribution is -2.22. The number of thiophene rings is 1. The number of carbonyl (C=O) groups excluding carboxylic acids is 2. The summed E-state index contributed by atoms with van der Waals surface area (Å²) in [5, 5.41) is 8.49. The first-order chi connectivity index (χ1) is 11.6. The van der Waals surface area contributed by atoms with Crippen molar-refractivity contribution in [2.45, 2.75) is 26.3 Å². The third-order valence-corrected chi connectivity index (χ3v) is 5.81.